The van der Waals surface area contributed by atoms with E-state index >= 15 is 0 Å². The number of nitrogens with zero attached hydrogens (tertiary/aromatic N) is 3. The molecule has 1 amide bonds. The molecule has 152 valence electrons. The van der Waals surface area contributed by atoms with Crippen LogP contribution < -0.4 is 11.2 Å². The van der Waals surface area contributed by atoms with Crippen molar-refractivity contribution in [2.75, 3.05) is 13.1 Å². The van der Waals surface area contributed by atoms with E-state index in [1.807, 2.05) is 0 Å². The van der Waals surface area contributed by atoms with E-state index in [2.05, 4.69) is 4.98 Å². The van der Waals surface area contributed by atoms with Crippen molar-refractivity contribution in [3.63, 3.8) is 0 Å². The van der Waals surface area contributed by atoms with E-state index in [9.17, 15) is 18.8 Å². The summed E-state index contributed by atoms with van der Waals surface area (Å²) in [6.45, 7) is 0.953. The Morgan fingerprint density at radius 1 is 1.28 bits per heavy atom. The third-order valence-electron chi connectivity index (χ3n) is 5.36. The second-order valence-corrected chi connectivity index (χ2v) is 7.79. The number of hydrogen-bond donors (Lipinski definition) is 1. The Bertz CT molecular complexity index is 1190. The van der Waals surface area contributed by atoms with Crippen LogP contribution in [-0.4, -0.2) is 38.0 Å². The number of rotatable bonds is 3. The molecule has 0 bridgehead atoms. The van der Waals surface area contributed by atoms with Gasteiger partial charge in [0.2, 0.25) is 11.5 Å². The number of amides is 1. The zero-order valence-electron chi connectivity index (χ0n) is 15.8. The molecule has 1 atom stereocenters. The summed E-state index contributed by atoms with van der Waals surface area (Å²) >= 11 is 5.88. The molecule has 1 aliphatic rings. The van der Waals surface area contributed by atoms with E-state index in [4.69, 9.17) is 11.6 Å². The highest BCUT2D eigenvalue weighted by Gasteiger charge is 2.28. The second kappa shape index (κ2) is 7.51. The van der Waals surface area contributed by atoms with Gasteiger partial charge in [0, 0.05) is 31.2 Å². The maximum absolute atomic E-state index is 13.6. The molecule has 7 nitrogen and oxygen atoms in total. The van der Waals surface area contributed by atoms with Crippen LogP contribution in [0.1, 0.15) is 24.4 Å². The molecular formula is C20H20ClFN4O3. The number of likely N-dealkylation sites (tertiary alicyclic amines) is 1. The lowest BCUT2D eigenvalue weighted by Gasteiger charge is -2.33. The van der Waals surface area contributed by atoms with E-state index in [0.29, 0.717) is 29.8 Å². The van der Waals surface area contributed by atoms with Gasteiger partial charge in [0.1, 0.15) is 11.5 Å². The summed E-state index contributed by atoms with van der Waals surface area (Å²) in [7, 11) is 1.61. The normalized spacial score (nSPS) is 17.1. The van der Waals surface area contributed by atoms with Crippen LogP contribution in [0.2, 0.25) is 5.02 Å². The highest BCUT2D eigenvalue weighted by atomic mass is 35.5. The molecule has 29 heavy (non-hydrogen) atoms. The van der Waals surface area contributed by atoms with Crippen LogP contribution in [0.4, 0.5) is 4.39 Å². The van der Waals surface area contributed by atoms with E-state index in [1.165, 1.54) is 22.8 Å². The smallest absolute Gasteiger partial charge is 0.330 e. The van der Waals surface area contributed by atoms with Crippen LogP contribution in [0.5, 0.6) is 0 Å². The number of benzene rings is 1. The van der Waals surface area contributed by atoms with E-state index in [0.717, 1.165) is 12.8 Å². The minimum absolute atomic E-state index is 0.0436. The second-order valence-electron chi connectivity index (χ2n) is 7.36. The van der Waals surface area contributed by atoms with Crippen LogP contribution in [0.15, 0.2) is 39.9 Å². The number of aromatic amines is 1. The van der Waals surface area contributed by atoms with Gasteiger partial charge in [0.15, 0.2) is 0 Å². The average molecular weight is 419 g/mol. The van der Waals surface area contributed by atoms with Gasteiger partial charge in [-0.15, -0.1) is 0 Å². The Morgan fingerprint density at radius 2 is 2.07 bits per heavy atom. The fourth-order valence-corrected chi connectivity index (χ4v) is 4.26. The summed E-state index contributed by atoms with van der Waals surface area (Å²) in [5.74, 6) is -0.619. The number of nitrogens with one attached hydrogen (secondary N) is 1. The first kappa shape index (κ1) is 19.4. The monoisotopic (exact) mass is 418 g/mol. The zero-order chi connectivity index (χ0) is 20.7. The molecule has 0 spiro atoms. The first-order valence-electron chi connectivity index (χ1n) is 9.36. The summed E-state index contributed by atoms with van der Waals surface area (Å²) in [4.78, 5) is 41.6. The van der Waals surface area contributed by atoms with Gasteiger partial charge in [-0.3, -0.25) is 18.7 Å². The lowest BCUT2D eigenvalue weighted by molar-refractivity contribution is -0.132. The van der Waals surface area contributed by atoms with Gasteiger partial charge in [-0.2, -0.15) is 0 Å². The van der Waals surface area contributed by atoms with Crippen molar-refractivity contribution in [2.45, 2.75) is 25.3 Å². The number of halogens is 2. The summed E-state index contributed by atoms with van der Waals surface area (Å²) in [6.07, 6.45) is 1.53. The topological polar surface area (TPSA) is 80.1 Å². The van der Waals surface area contributed by atoms with Gasteiger partial charge >= 0.3 is 5.69 Å². The number of piperidine rings is 1. The van der Waals surface area contributed by atoms with E-state index in [-0.39, 0.29) is 34.6 Å². The minimum atomic E-state index is -0.479. The van der Waals surface area contributed by atoms with E-state index in [1.54, 1.807) is 28.6 Å². The standard InChI is InChI=1S/C20H20ClFN4O3/c1-24-19-16(4-5-17(27)23-19)26(20(24)29)15-3-2-6-25(11-15)18(28)9-12-7-13(21)10-14(22)8-12/h4-5,7-8,10,15H,2-3,6,9,11H2,1H3,(H,23,27). The van der Waals surface area contributed by atoms with Crippen LogP contribution >= 0.6 is 11.6 Å². The van der Waals surface area contributed by atoms with Crippen LogP contribution in [-0.2, 0) is 18.3 Å². The van der Waals surface area contributed by atoms with Gasteiger partial charge in [0.05, 0.1) is 18.0 Å². The SMILES string of the molecule is Cn1c(=O)n(C2CCCN(C(=O)Cc3cc(F)cc(Cl)c3)C2)c2ccc(=O)[nH]c21. The maximum Gasteiger partial charge on any atom is 0.330 e. The lowest BCUT2D eigenvalue weighted by atomic mass is 10.0. The molecule has 2 aromatic heterocycles. The molecule has 0 aliphatic carbocycles. The van der Waals surface area contributed by atoms with Gasteiger partial charge in [-0.25, -0.2) is 9.18 Å². The molecule has 4 rings (SSSR count). The van der Waals surface area contributed by atoms with Crippen molar-refractivity contribution in [1.29, 1.82) is 0 Å². The highest BCUT2D eigenvalue weighted by molar-refractivity contribution is 6.30. The molecule has 3 heterocycles. The third kappa shape index (κ3) is 3.72. The Morgan fingerprint density at radius 3 is 2.83 bits per heavy atom. The first-order chi connectivity index (χ1) is 13.8. The molecule has 3 aromatic rings. The molecule has 1 fully saturated rings. The number of aromatic nitrogens is 3. The van der Waals surface area contributed by atoms with Gasteiger partial charge in [-0.1, -0.05) is 11.6 Å². The Hall–Kier alpha value is -2.87. The Balaban J connectivity index is 1.60. The fourth-order valence-electron chi connectivity index (χ4n) is 4.01. The van der Waals surface area contributed by atoms with Crippen molar-refractivity contribution >= 4 is 28.7 Å². The quantitative estimate of drug-likeness (QED) is 0.708. The number of aryl methyl sites for hydroxylation is 1. The third-order valence-corrected chi connectivity index (χ3v) is 5.58. The summed E-state index contributed by atoms with van der Waals surface area (Å²) < 4.78 is 16.6. The highest BCUT2D eigenvalue weighted by Crippen LogP contribution is 2.24. The number of carbonyl (C=O) groups is 1. The zero-order valence-corrected chi connectivity index (χ0v) is 16.6. The molecule has 9 heteroatoms. The largest absolute Gasteiger partial charge is 0.340 e. The van der Waals surface area contributed by atoms with Crippen molar-refractivity contribution < 1.29 is 9.18 Å². The minimum Gasteiger partial charge on any atom is -0.340 e. The fraction of sp³-hybridized carbons (Fsp3) is 0.350. The predicted octanol–water partition coefficient (Wildman–Crippen LogP) is 2.23. The van der Waals surface area contributed by atoms with Gasteiger partial charge in [0.25, 0.3) is 0 Å². The summed E-state index contributed by atoms with van der Waals surface area (Å²) in [5, 5.41) is 0.251. The summed E-state index contributed by atoms with van der Waals surface area (Å²) in [6, 6.07) is 6.89. The lowest BCUT2D eigenvalue weighted by Crippen LogP contribution is -2.43. The van der Waals surface area contributed by atoms with Crippen molar-refractivity contribution in [2.24, 2.45) is 7.05 Å². The molecule has 1 saturated heterocycles. The number of carbonyl (C=O) groups excluding carboxylic acids is 1. The van der Waals surface area contributed by atoms with Gasteiger partial charge in [-0.05, 0) is 42.7 Å². The number of pyridine rings is 1. The molecular weight excluding hydrogens is 399 g/mol. The van der Waals surface area contributed by atoms with Gasteiger partial charge < -0.3 is 9.88 Å². The molecule has 0 radical (unpaired) electrons. The molecule has 1 unspecified atom stereocenters. The van der Waals surface area contributed by atoms with Crippen LogP contribution in [0.25, 0.3) is 11.2 Å². The van der Waals surface area contributed by atoms with Crippen molar-refractivity contribution in [3.8, 4) is 0 Å². The molecule has 1 N–H and O–H groups in total. The van der Waals surface area contributed by atoms with Crippen molar-refractivity contribution in [1.82, 2.24) is 19.0 Å². The Labute approximate surface area is 170 Å². The first-order valence-corrected chi connectivity index (χ1v) is 9.74. The average Bonchev–Trinajstić information content (AvgIpc) is 2.91. The maximum atomic E-state index is 13.6. The molecule has 1 aromatic carbocycles. The number of hydrogen-bond acceptors (Lipinski definition) is 3. The molecule has 0 saturated carbocycles. The number of H-pyrrole nitrogens is 1. The predicted molar refractivity (Wildman–Crippen MR) is 108 cm³/mol. The number of imidazole rings is 1. The van der Waals surface area contributed by atoms with Crippen molar-refractivity contribution in [3.05, 3.63) is 67.6 Å². The Kier molecular flexibility index (Phi) is 5.04. The summed E-state index contributed by atoms with van der Waals surface area (Å²) in [5.41, 5.74) is 1.09. The van der Waals surface area contributed by atoms with Crippen LogP contribution in [0.3, 0.4) is 0 Å². The molecule has 1 aliphatic heterocycles. The van der Waals surface area contributed by atoms with Crippen LogP contribution in [0, 0.1) is 5.82 Å². The number of fused-ring (bicyclic) bond motifs is 1. The van der Waals surface area contributed by atoms with E-state index < -0.39 is 5.82 Å².